The van der Waals surface area contributed by atoms with E-state index in [1.807, 2.05) is 0 Å². The summed E-state index contributed by atoms with van der Waals surface area (Å²) >= 11 is 0.750. The highest BCUT2D eigenvalue weighted by atomic mass is 127. The topological polar surface area (TPSA) is 139 Å². The summed E-state index contributed by atoms with van der Waals surface area (Å²) < 4.78 is 78.6. The number of carbonyl (C=O) groups excluding carboxylic acids is 2. The van der Waals surface area contributed by atoms with E-state index in [-0.39, 0.29) is 0 Å². The maximum atomic E-state index is 11.8. The average Bonchev–Trinajstić information content (AvgIpc) is 1.94. The van der Waals surface area contributed by atoms with Gasteiger partial charge in [-0.2, -0.15) is 30.0 Å². The smallest absolute Gasteiger partial charge is 0.258 e. The number of imide groups is 1. The highest BCUT2D eigenvalue weighted by Gasteiger charge is 2.47. The number of hydrogen-bond acceptors (Lipinski definition) is 6. The zero-order chi connectivity index (χ0) is 14.8. The molecule has 0 aliphatic carbocycles. The summed E-state index contributed by atoms with van der Waals surface area (Å²) in [5, 5.41) is 1.00. The molecule has 0 spiro atoms. The summed E-state index contributed by atoms with van der Waals surface area (Å²) in [5.41, 5.74) is -5.75. The number of hydrogen-bond donors (Lipinski definition) is 3. The number of carbonyl (C=O) groups is 2. The summed E-state index contributed by atoms with van der Waals surface area (Å²) in [6, 6.07) is -3.79. The van der Waals surface area contributed by atoms with Crippen molar-refractivity contribution in [1.29, 1.82) is 0 Å². The van der Waals surface area contributed by atoms with Crippen LogP contribution in [0.1, 0.15) is 0 Å². The van der Waals surface area contributed by atoms with E-state index in [4.69, 9.17) is 0 Å². The van der Waals surface area contributed by atoms with E-state index >= 15 is 0 Å². The molecule has 0 heterocycles. The Morgan fingerprint density at radius 1 is 0.944 bits per heavy atom. The van der Waals surface area contributed by atoms with Gasteiger partial charge in [-0.1, -0.05) is 0 Å². The number of halogens is 4. The highest BCUT2D eigenvalue weighted by Crippen LogP contribution is 2.21. The average molecular weight is 425 g/mol. The molecule has 0 saturated carbocycles. The van der Waals surface area contributed by atoms with Crippen LogP contribution in [0.3, 0.4) is 0 Å². The van der Waals surface area contributed by atoms with E-state index in [1.165, 1.54) is 0 Å². The van der Waals surface area contributed by atoms with Crippen molar-refractivity contribution >= 4 is 50.5 Å². The molecule has 9 nitrogen and oxygen atoms in total. The van der Waals surface area contributed by atoms with Gasteiger partial charge in [0.1, 0.15) is 0 Å². The van der Waals surface area contributed by atoms with Gasteiger partial charge in [-0.15, -0.1) is 0 Å². The quantitative estimate of drug-likeness (QED) is 0.404. The summed E-state index contributed by atoms with van der Waals surface area (Å²) in [6.07, 6.45) is 0. The standard InChI is InChI=1S/C3H3F3IN3O6S2/c4-3(5,6)17(13,14)9-1(11)8-2(12)10-18(7,15)16/h(H3,8,9,10,11,12). The van der Waals surface area contributed by atoms with Crippen LogP contribution >= 0.6 is 21.2 Å². The molecular formula is C3H3F3IN3O6S2. The molecule has 0 saturated heterocycles. The molecule has 0 bridgehead atoms. The van der Waals surface area contributed by atoms with Gasteiger partial charge in [0.25, 0.3) is 7.19 Å². The molecule has 0 aliphatic heterocycles. The third-order valence-corrected chi connectivity index (χ3v) is 3.13. The second-order valence-corrected chi connectivity index (χ2v) is 8.61. The number of sulfonamides is 1. The lowest BCUT2D eigenvalue weighted by Crippen LogP contribution is -2.50. The van der Waals surface area contributed by atoms with Crippen LogP contribution in [0, 0.1) is 0 Å². The Hall–Kier alpha value is -0.840. The third kappa shape index (κ3) is 6.19. The zero-order valence-corrected chi connectivity index (χ0v) is 11.6. The predicted molar refractivity (Wildman–Crippen MR) is 58.1 cm³/mol. The van der Waals surface area contributed by atoms with Crippen molar-refractivity contribution in [2.75, 3.05) is 0 Å². The first-order valence-corrected chi connectivity index (χ1v) is 8.92. The molecule has 0 aromatic heterocycles. The fourth-order valence-electron chi connectivity index (χ4n) is 0.445. The van der Waals surface area contributed by atoms with Crippen LogP contribution in [0.15, 0.2) is 0 Å². The first-order valence-electron chi connectivity index (χ1n) is 3.41. The van der Waals surface area contributed by atoms with Crippen molar-refractivity contribution in [1.82, 2.24) is 14.8 Å². The summed E-state index contributed by atoms with van der Waals surface area (Å²) in [7, 11) is -10.1. The molecule has 0 atom stereocenters. The van der Waals surface area contributed by atoms with Crippen molar-refractivity contribution in [2.45, 2.75) is 5.51 Å². The second kappa shape index (κ2) is 5.43. The maximum absolute atomic E-state index is 11.8. The van der Waals surface area contributed by atoms with Gasteiger partial charge in [0.15, 0.2) is 0 Å². The number of amides is 4. The zero-order valence-electron chi connectivity index (χ0n) is 7.78. The Morgan fingerprint density at radius 3 is 1.67 bits per heavy atom. The fourth-order valence-corrected chi connectivity index (χ4v) is 1.73. The van der Waals surface area contributed by atoms with Crippen molar-refractivity contribution in [3.63, 3.8) is 0 Å². The van der Waals surface area contributed by atoms with Crippen LogP contribution in [0.2, 0.25) is 0 Å². The normalized spacial score (nSPS) is 12.7. The van der Waals surface area contributed by atoms with Gasteiger partial charge in [-0.3, -0.25) is 5.32 Å². The molecule has 0 aromatic rings. The highest BCUT2D eigenvalue weighted by molar-refractivity contribution is 14.2. The van der Waals surface area contributed by atoms with Gasteiger partial charge in [0.05, 0.1) is 21.2 Å². The number of alkyl halides is 3. The first kappa shape index (κ1) is 17.2. The number of urea groups is 2. The largest absolute Gasteiger partial charge is 0.516 e. The van der Waals surface area contributed by atoms with Crippen molar-refractivity contribution < 1.29 is 39.6 Å². The van der Waals surface area contributed by atoms with Crippen LogP contribution in [0.4, 0.5) is 22.8 Å². The van der Waals surface area contributed by atoms with Crippen LogP contribution in [-0.2, 0) is 17.2 Å². The van der Waals surface area contributed by atoms with Gasteiger partial charge in [-0.25, -0.2) is 19.0 Å². The van der Waals surface area contributed by atoms with E-state index in [9.17, 15) is 39.6 Å². The molecule has 0 rings (SSSR count). The van der Waals surface area contributed by atoms with Gasteiger partial charge in [0, 0.05) is 0 Å². The molecule has 0 unspecified atom stereocenters. The Bertz CT molecular complexity index is 552. The molecule has 18 heavy (non-hydrogen) atoms. The number of nitrogens with one attached hydrogen (secondary N) is 3. The SMILES string of the molecule is O=C(NC(=O)NS(=O)(=O)C(F)(F)F)NS(=O)(=O)I. The summed E-state index contributed by atoms with van der Waals surface area (Å²) in [4.78, 5) is 21.3. The minimum Gasteiger partial charge on any atom is -0.258 e. The minimum absolute atomic E-state index is 0.452. The molecular weight excluding hydrogens is 422 g/mol. The van der Waals surface area contributed by atoms with Gasteiger partial charge in [-0.05, 0) is 0 Å². The van der Waals surface area contributed by atoms with Gasteiger partial charge >= 0.3 is 27.6 Å². The minimum atomic E-state index is -5.98. The number of rotatable bonds is 2. The molecule has 15 heteroatoms. The predicted octanol–water partition coefficient (Wildman–Crippen LogP) is -0.475. The van der Waals surface area contributed by atoms with E-state index < -0.39 is 34.8 Å². The molecule has 0 aliphatic rings. The Morgan fingerprint density at radius 2 is 1.33 bits per heavy atom. The lowest BCUT2D eigenvalue weighted by molar-refractivity contribution is -0.0444. The summed E-state index contributed by atoms with van der Waals surface area (Å²) in [5.74, 6) is 0. The van der Waals surface area contributed by atoms with E-state index in [1.54, 1.807) is 0 Å². The fraction of sp³-hybridized carbons (Fsp3) is 0.333. The van der Waals surface area contributed by atoms with Crippen molar-refractivity contribution in [2.24, 2.45) is 0 Å². The van der Waals surface area contributed by atoms with Crippen molar-refractivity contribution in [3.05, 3.63) is 0 Å². The molecule has 0 radical (unpaired) electrons. The molecule has 106 valence electrons. The van der Waals surface area contributed by atoms with Crippen LogP contribution < -0.4 is 14.8 Å². The van der Waals surface area contributed by atoms with Crippen molar-refractivity contribution in [3.8, 4) is 0 Å². The Balaban J connectivity index is 4.61. The summed E-state index contributed by atoms with van der Waals surface area (Å²) in [6.45, 7) is 0. The molecule has 0 fully saturated rings. The van der Waals surface area contributed by atoms with Crippen LogP contribution in [0.25, 0.3) is 0 Å². The lowest BCUT2D eigenvalue weighted by Gasteiger charge is -2.09. The monoisotopic (exact) mass is 425 g/mol. The van der Waals surface area contributed by atoms with E-state index in [0.29, 0.717) is 4.72 Å². The van der Waals surface area contributed by atoms with Gasteiger partial charge in [0.2, 0.25) is 0 Å². The van der Waals surface area contributed by atoms with Crippen LogP contribution in [0.5, 0.6) is 0 Å². The van der Waals surface area contributed by atoms with E-state index in [0.717, 1.165) is 31.2 Å². The Labute approximate surface area is 110 Å². The lowest BCUT2D eigenvalue weighted by atomic mass is 10.9. The first-order chi connectivity index (χ1) is 7.74. The second-order valence-electron chi connectivity index (χ2n) is 2.37. The molecule has 0 aromatic carbocycles. The molecule has 3 N–H and O–H groups in total. The molecule has 4 amide bonds. The maximum Gasteiger partial charge on any atom is 0.516 e. The Kier molecular flexibility index (Phi) is 5.17. The van der Waals surface area contributed by atoms with Gasteiger partial charge < -0.3 is 0 Å². The third-order valence-electron chi connectivity index (χ3n) is 0.973. The van der Waals surface area contributed by atoms with Crippen LogP contribution in [-0.4, -0.2) is 34.4 Å². The van der Waals surface area contributed by atoms with E-state index in [2.05, 4.69) is 0 Å².